The smallest absolute Gasteiger partial charge is 0.276 e. The van der Waals surface area contributed by atoms with Gasteiger partial charge in [-0.25, -0.2) is 0 Å². The van der Waals surface area contributed by atoms with Crippen molar-refractivity contribution in [3.05, 3.63) is 11.9 Å². The van der Waals surface area contributed by atoms with Gasteiger partial charge in [0.05, 0.1) is 6.20 Å². The standard InChI is InChI=1S/C9H12N4O/c14-8(7-5-10-12-11-7)13-4-3-9(6-13)1-2-9/h5H,1-4,6H2,(H,10,11,12). The molecule has 0 aromatic carbocycles. The predicted molar refractivity (Wildman–Crippen MR) is 48.6 cm³/mol. The number of aromatic nitrogens is 3. The first-order chi connectivity index (χ1) is 6.79. The van der Waals surface area contributed by atoms with Crippen LogP contribution in [0.2, 0.25) is 0 Å². The maximum absolute atomic E-state index is 11.8. The Bertz CT molecular complexity index is 355. The Kier molecular flexibility index (Phi) is 1.45. The summed E-state index contributed by atoms with van der Waals surface area (Å²) in [6.45, 7) is 1.80. The number of carbonyl (C=O) groups is 1. The number of H-pyrrole nitrogens is 1. The maximum Gasteiger partial charge on any atom is 0.276 e. The van der Waals surface area contributed by atoms with E-state index in [1.807, 2.05) is 4.90 Å². The molecule has 1 aliphatic heterocycles. The van der Waals surface area contributed by atoms with E-state index < -0.39 is 0 Å². The van der Waals surface area contributed by atoms with Crippen LogP contribution in [0.25, 0.3) is 0 Å². The van der Waals surface area contributed by atoms with Crippen molar-refractivity contribution >= 4 is 5.91 Å². The van der Waals surface area contributed by atoms with Crippen LogP contribution in [0.3, 0.4) is 0 Å². The van der Waals surface area contributed by atoms with Crippen molar-refractivity contribution in [1.29, 1.82) is 0 Å². The molecule has 1 N–H and O–H groups in total. The molecule has 1 aliphatic carbocycles. The Balaban J connectivity index is 1.75. The molecule has 1 aromatic rings. The summed E-state index contributed by atoms with van der Waals surface area (Å²) in [5, 5.41) is 9.91. The van der Waals surface area contributed by atoms with Crippen molar-refractivity contribution in [1.82, 2.24) is 20.3 Å². The molecular weight excluding hydrogens is 180 g/mol. The first-order valence-electron chi connectivity index (χ1n) is 4.94. The fourth-order valence-corrected chi connectivity index (χ4v) is 2.16. The van der Waals surface area contributed by atoms with Crippen LogP contribution in [0.4, 0.5) is 0 Å². The van der Waals surface area contributed by atoms with Gasteiger partial charge in [0.1, 0.15) is 0 Å². The number of rotatable bonds is 1. The molecule has 1 saturated carbocycles. The fraction of sp³-hybridized carbons (Fsp3) is 0.667. The van der Waals surface area contributed by atoms with Crippen LogP contribution in [0.5, 0.6) is 0 Å². The van der Waals surface area contributed by atoms with Gasteiger partial charge < -0.3 is 4.90 Å². The summed E-state index contributed by atoms with van der Waals surface area (Å²) < 4.78 is 0. The summed E-state index contributed by atoms with van der Waals surface area (Å²) >= 11 is 0. The summed E-state index contributed by atoms with van der Waals surface area (Å²) in [7, 11) is 0. The monoisotopic (exact) mass is 192 g/mol. The highest BCUT2D eigenvalue weighted by molar-refractivity contribution is 5.92. The number of carbonyl (C=O) groups excluding carboxylic acids is 1. The van der Waals surface area contributed by atoms with Crippen molar-refractivity contribution in [3.63, 3.8) is 0 Å². The lowest BCUT2D eigenvalue weighted by Crippen LogP contribution is -2.29. The molecule has 5 nitrogen and oxygen atoms in total. The Hall–Kier alpha value is -1.39. The van der Waals surface area contributed by atoms with E-state index in [0.717, 1.165) is 19.5 Å². The molecule has 0 unspecified atom stereocenters. The predicted octanol–water partition coefficient (Wildman–Crippen LogP) is 0.431. The summed E-state index contributed by atoms with van der Waals surface area (Å²) in [5.74, 6) is 0.0162. The molecule has 1 spiro atoms. The second-order valence-corrected chi connectivity index (χ2v) is 4.33. The molecule has 2 fully saturated rings. The van der Waals surface area contributed by atoms with Gasteiger partial charge >= 0.3 is 0 Å². The average molecular weight is 192 g/mol. The highest BCUT2D eigenvalue weighted by atomic mass is 16.2. The maximum atomic E-state index is 11.8. The Morgan fingerprint density at radius 2 is 2.36 bits per heavy atom. The van der Waals surface area contributed by atoms with Crippen LogP contribution >= 0.6 is 0 Å². The molecular formula is C9H12N4O. The molecule has 2 aliphatic rings. The summed E-state index contributed by atoms with van der Waals surface area (Å²) in [6.07, 6.45) is 5.22. The van der Waals surface area contributed by atoms with Crippen molar-refractivity contribution in [2.24, 2.45) is 5.41 Å². The third-order valence-electron chi connectivity index (χ3n) is 3.32. The van der Waals surface area contributed by atoms with Crippen LogP contribution in [0.15, 0.2) is 6.20 Å². The van der Waals surface area contributed by atoms with E-state index in [1.54, 1.807) is 0 Å². The lowest BCUT2D eigenvalue weighted by molar-refractivity contribution is 0.0779. The molecule has 0 bridgehead atoms. The molecule has 5 heteroatoms. The normalized spacial score (nSPS) is 23.0. The van der Waals surface area contributed by atoms with Gasteiger partial charge in [0.15, 0.2) is 5.69 Å². The molecule has 74 valence electrons. The Morgan fingerprint density at radius 3 is 2.93 bits per heavy atom. The van der Waals surface area contributed by atoms with E-state index >= 15 is 0 Å². The minimum Gasteiger partial charge on any atom is -0.337 e. The molecule has 3 rings (SSSR count). The van der Waals surface area contributed by atoms with Gasteiger partial charge in [0.25, 0.3) is 5.91 Å². The molecule has 0 atom stereocenters. The second-order valence-electron chi connectivity index (χ2n) is 4.33. The van der Waals surface area contributed by atoms with E-state index in [1.165, 1.54) is 19.0 Å². The summed E-state index contributed by atoms with van der Waals surface area (Å²) in [6, 6.07) is 0. The zero-order chi connectivity index (χ0) is 9.60. The summed E-state index contributed by atoms with van der Waals surface area (Å²) in [5.41, 5.74) is 0.919. The quantitative estimate of drug-likeness (QED) is 0.702. The number of nitrogens with zero attached hydrogens (tertiary/aromatic N) is 3. The Labute approximate surface area is 81.5 Å². The number of hydrogen-bond acceptors (Lipinski definition) is 3. The number of aromatic amines is 1. The molecule has 14 heavy (non-hydrogen) atoms. The SMILES string of the molecule is O=C(c1cn[nH]n1)N1CCC2(CC2)C1. The summed E-state index contributed by atoms with van der Waals surface area (Å²) in [4.78, 5) is 13.7. The van der Waals surface area contributed by atoms with E-state index in [9.17, 15) is 4.79 Å². The number of amides is 1. The van der Waals surface area contributed by atoms with Crippen molar-refractivity contribution in [3.8, 4) is 0 Å². The molecule has 2 heterocycles. The van der Waals surface area contributed by atoms with Crippen molar-refractivity contribution in [2.75, 3.05) is 13.1 Å². The zero-order valence-electron chi connectivity index (χ0n) is 7.86. The fourth-order valence-electron chi connectivity index (χ4n) is 2.16. The highest BCUT2D eigenvalue weighted by Crippen LogP contribution is 2.52. The van der Waals surface area contributed by atoms with Gasteiger partial charge in [-0.3, -0.25) is 4.79 Å². The van der Waals surface area contributed by atoms with Gasteiger partial charge in [-0.2, -0.15) is 15.4 Å². The van der Waals surface area contributed by atoms with E-state index in [-0.39, 0.29) is 5.91 Å². The second kappa shape index (κ2) is 2.56. The highest BCUT2D eigenvalue weighted by Gasteiger charge is 2.49. The molecule has 1 aromatic heterocycles. The van der Waals surface area contributed by atoms with Crippen LogP contribution in [0.1, 0.15) is 29.8 Å². The van der Waals surface area contributed by atoms with E-state index in [2.05, 4.69) is 15.4 Å². The van der Waals surface area contributed by atoms with Crippen LogP contribution in [0, 0.1) is 5.41 Å². The first-order valence-corrected chi connectivity index (χ1v) is 4.94. The zero-order valence-corrected chi connectivity index (χ0v) is 7.86. The first kappa shape index (κ1) is 7.96. The topological polar surface area (TPSA) is 61.9 Å². The minimum atomic E-state index is 0.0162. The average Bonchev–Trinajstić information content (AvgIpc) is 2.68. The lowest BCUT2D eigenvalue weighted by atomic mass is 10.1. The van der Waals surface area contributed by atoms with Crippen molar-refractivity contribution < 1.29 is 4.79 Å². The van der Waals surface area contributed by atoms with Gasteiger partial charge in [-0.15, -0.1) is 0 Å². The van der Waals surface area contributed by atoms with Crippen LogP contribution in [-0.2, 0) is 0 Å². The number of likely N-dealkylation sites (tertiary alicyclic amines) is 1. The van der Waals surface area contributed by atoms with Gasteiger partial charge in [-0.05, 0) is 24.7 Å². The van der Waals surface area contributed by atoms with Crippen LogP contribution < -0.4 is 0 Å². The number of hydrogen-bond donors (Lipinski definition) is 1. The van der Waals surface area contributed by atoms with Gasteiger partial charge in [0, 0.05) is 13.1 Å². The third-order valence-corrected chi connectivity index (χ3v) is 3.32. The van der Waals surface area contributed by atoms with Gasteiger partial charge in [-0.1, -0.05) is 0 Å². The minimum absolute atomic E-state index is 0.0162. The van der Waals surface area contributed by atoms with E-state index in [4.69, 9.17) is 0 Å². The lowest BCUT2D eigenvalue weighted by Gasteiger charge is -2.13. The Morgan fingerprint density at radius 1 is 1.50 bits per heavy atom. The van der Waals surface area contributed by atoms with Crippen LogP contribution in [-0.4, -0.2) is 39.3 Å². The third kappa shape index (κ3) is 1.12. The van der Waals surface area contributed by atoms with Gasteiger partial charge in [0.2, 0.25) is 0 Å². The molecule has 1 amide bonds. The number of nitrogens with one attached hydrogen (secondary N) is 1. The van der Waals surface area contributed by atoms with E-state index in [0.29, 0.717) is 11.1 Å². The molecule has 0 radical (unpaired) electrons. The van der Waals surface area contributed by atoms with Crippen molar-refractivity contribution in [2.45, 2.75) is 19.3 Å². The molecule has 1 saturated heterocycles. The largest absolute Gasteiger partial charge is 0.337 e.